The summed E-state index contributed by atoms with van der Waals surface area (Å²) in [6, 6.07) is 18.5. The molecule has 2 aromatic carbocycles. The Kier molecular flexibility index (Phi) is 3.66. The minimum absolute atomic E-state index is 0.127. The van der Waals surface area contributed by atoms with E-state index in [-0.39, 0.29) is 11.5 Å². The molecule has 0 saturated carbocycles. The van der Waals surface area contributed by atoms with E-state index in [1.165, 1.54) is 5.56 Å². The van der Waals surface area contributed by atoms with Crippen molar-refractivity contribution in [1.29, 1.82) is 0 Å². The monoisotopic (exact) mass is 307 g/mol. The number of hydrogen-bond acceptors (Lipinski definition) is 3. The van der Waals surface area contributed by atoms with Crippen LogP contribution in [0.3, 0.4) is 0 Å². The molecule has 1 unspecified atom stereocenters. The van der Waals surface area contributed by atoms with Crippen LogP contribution >= 0.6 is 0 Å². The lowest BCUT2D eigenvalue weighted by Crippen LogP contribution is -2.49. The van der Waals surface area contributed by atoms with Crippen molar-refractivity contribution in [3.63, 3.8) is 0 Å². The molecular weight excluding hydrogens is 286 g/mol. The number of aldehydes is 1. The minimum Gasteiger partial charge on any atom is -0.486 e. The number of likely N-dealkylation sites (tertiary alicyclic amines) is 1. The summed E-state index contributed by atoms with van der Waals surface area (Å²) < 4.78 is 6.28. The van der Waals surface area contributed by atoms with E-state index in [4.69, 9.17) is 4.74 Å². The number of hydrogen-bond donors (Lipinski definition) is 0. The molecule has 0 aliphatic carbocycles. The highest BCUT2D eigenvalue weighted by molar-refractivity contribution is 5.69. The van der Waals surface area contributed by atoms with Crippen molar-refractivity contribution >= 4 is 6.29 Å². The van der Waals surface area contributed by atoms with Gasteiger partial charge in [-0.3, -0.25) is 4.90 Å². The van der Waals surface area contributed by atoms with Gasteiger partial charge >= 0.3 is 0 Å². The number of piperidine rings is 1. The van der Waals surface area contributed by atoms with Crippen LogP contribution in [0, 0.1) is 0 Å². The maximum absolute atomic E-state index is 11.7. The number of benzene rings is 2. The van der Waals surface area contributed by atoms with E-state index >= 15 is 0 Å². The third-order valence-electron chi connectivity index (χ3n) is 5.22. The summed E-state index contributed by atoms with van der Waals surface area (Å²) in [6.45, 7) is 2.90. The van der Waals surface area contributed by atoms with Gasteiger partial charge in [-0.1, -0.05) is 48.5 Å². The Morgan fingerprint density at radius 3 is 2.48 bits per heavy atom. The van der Waals surface area contributed by atoms with E-state index in [9.17, 15) is 4.79 Å². The predicted octanol–water partition coefficient (Wildman–Crippen LogP) is 3.40. The summed E-state index contributed by atoms with van der Waals surface area (Å²) in [7, 11) is 0. The second-order valence-electron chi connectivity index (χ2n) is 6.58. The molecule has 2 aliphatic rings. The second-order valence-corrected chi connectivity index (χ2v) is 6.58. The van der Waals surface area contributed by atoms with Gasteiger partial charge in [0.2, 0.25) is 0 Å². The quantitative estimate of drug-likeness (QED) is 0.814. The van der Waals surface area contributed by atoms with Crippen molar-refractivity contribution in [2.24, 2.45) is 0 Å². The van der Waals surface area contributed by atoms with E-state index in [1.807, 2.05) is 30.3 Å². The highest BCUT2D eigenvalue weighted by Gasteiger charge is 2.49. The van der Waals surface area contributed by atoms with Crippen LogP contribution in [0.4, 0.5) is 0 Å². The molecule has 3 heteroatoms. The number of carbonyl (C=O) groups excluding carboxylic acids is 1. The van der Waals surface area contributed by atoms with Crippen molar-refractivity contribution in [3.05, 3.63) is 65.7 Å². The van der Waals surface area contributed by atoms with Crippen LogP contribution < -0.4 is 4.74 Å². The first-order valence-corrected chi connectivity index (χ1v) is 8.30. The Bertz CT molecular complexity index is 690. The number of carbonyl (C=O) groups is 1. The smallest absolute Gasteiger partial charge is 0.131 e. The minimum atomic E-state index is -0.335. The van der Waals surface area contributed by atoms with E-state index < -0.39 is 0 Å². The molecule has 23 heavy (non-hydrogen) atoms. The largest absolute Gasteiger partial charge is 0.486 e. The molecule has 118 valence electrons. The lowest BCUT2D eigenvalue weighted by molar-refractivity contribution is -0.114. The third-order valence-corrected chi connectivity index (χ3v) is 5.22. The van der Waals surface area contributed by atoms with E-state index in [0.29, 0.717) is 0 Å². The molecule has 0 bridgehead atoms. The van der Waals surface area contributed by atoms with Crippen LogP contribution in [0.1, 0.15) is 29.9 Å². The SMILES string of the molecule is O=CC1c2ccccc2OC12CCN(Cc1ccccc1)CC2. The molecular formula is C20H21NO2. The average molecular weight is 307 g/mol. The summed E-state index contributed by atoms with van der Waals surface area (Å²) in [5, 5.41) is 0. The lowest BCUT2D eigenvalue weighted by Gasteiger charge is -2.40. The molecule has 1 fully saturated rings. The molecule has 1 atom stereocenters. The topological polar surface area (TPSA) is 29.5 Å². The fraction of sp³-hybridized carbons (Fsp3) is 0.350. The van der Waals surface area contributed by atoms with Crippen LogP contribution in [-0.4, -0.2) is 29.9 Å². The van der Waals surface area contributed by atoms with Crippen LogP contribution in [0.25, 0.3) is 0 Å². The maximum atomic E-state index is 11.7. The molecule has 4 rings (SSSR count). The van der Waals surface area contributed by atoms with E-state index in [2.05, 4.69) is 29.2 Å². The zero-order chi connectivity index (χ0) is 15.7. The molecule has 2 aliphatic heterocycles. The predicted molar refractivity (Wildman–Crippen MR) is 89.6 cm³/mol. The summed E-state index contributed by atoms with van der Waals surface area (Å²) in [6.07, 6.45) is 2.88. The normalized spacial score (nSPS) is 22.5. The van der Waals surface area contributed by atoms with Gasteiger partial charge in [0.25, 0.3) is 0 Å². The molecule has 0 radical (unpaired) electrons. The summed E-state index contributed by atoms with van der Waals surface area (Å²) in [4.78, 5) is 14.2. The highest BCUT2D eigenvalue weighted by Crippen LogP contribution is 2.48. The second kappa shape index (κ2) is 5.82. The van der Waals surface area contributed by atoms with E-state index in [0.717, 1.165) is 50.1 Å². The first kappa shape index (κ1) is 14.5. The standard InChI is InChI=1S/C20H21NO2/c22-15-18-17-8-4-5-9-19(17)23-20(18)10-12-21(13-11-20)14-16-6-2-1-3-7-16/h1-9,15,18H,10-14H2. The number of nitrogens with zero attached hydrogens (tertiary/aromatic N) is 1. The molecule has 3 nitrogen and oxygen atoms in total. The van der Waals surface area contributed by atoms with Gasteiger partial charge in [0.05, 0.1) is 5.92 Å². The summed E-state index contributed by atoms with van der Waals surface area (Å²) in [5.41, 5.74) is 2.06. The average Bonchev–Trinajstić information content (AvgIpc) is 2.91. The fourth-order valence-electron chi connectivity index (χ4n) is 3.94. The van der Waals surface area contributed by atoms with Crippen LogP contribution in [0.5, 0.6) is 5.75 Å². The zero-order valence-electron chi connectivity index (χ0n) is 13.2. The molecule has 1 spiro atoms. The fourth-order valence-corrected chi connectivity index (χ4v) is 3.94. The van der Waals surface area contributed by atoms with Crippen LogP contribution in [0.2, 0.25) is 0 Å². The van der Waals surface area contributed by atoms with Gasteiger partial charge in [0.1, 0.15) is 17.6 Å². The maximum Gasteiger partial charge on any atom is 0.131 e. The van der Waals surface area contributed by atoms with Crippen molar-refractivity contribution < 1.29 is 9.53 Å². The Morgan fingerprint density at radius 1 is 1.04 bits per heavy atom. The van der Waals surface area contributed by atoms with Crippen LogP contribution in [-0.2, 0) is 11.3 Å². The van der Waals surface area contributed by atoms with E-state index in [1.54, 1.807) is 0 Å². The Balaban J connectivity index is 1.48. The first-order chi connectivity index (χ1) is 11.3. The molecule has 2 heterocycles. The third kappa shape index (κ3) is 2.55. The van der Waals surface area contributed by atoms with Crippen molar-refractivity contribution in [2.45, 2.75) is 30.9 Å². The summed E-state index contributed by atoms with van der Waals surface area (Å²) >= 11 is 0. The van der Waals surface area contributed by atoms with Gasteiger partial charge < -0.3 is 9.53 Å². The van der Waals surface area contributed by atoms with Gasteiger partial charge in [-0.15, -0.1) is 0 Å². The Hall–Kier alpha value is -2.13. The van der Waals surface area contributed by atoms with Crippen molar-refractivity contribution in [2.75, 3.05) is 13.1 Å². The Morgan fingerprint density at radius 2 is 1.74 bits per heavy atom. The summed E-state index contributed by atoms with van der Waals surface area (Å²) in [5.74, 6) is 0.763. The number of ether oxygens (including phenoxy) is 1. The number of fused-ring (bicyclic) bond motifs is 1. The van der Waals surface area contributed by atoms with Gasteiger partial charge in [-0.2, -0.15) is 0 Å². The van der Waals surface area contributed by atoms with Gasteiger partial charge in [-0.25, -0.2) is 0 Å². The highest BCUT2D eigenvalue weighted by atomic mass is 16.5. The van der Waals surface area contributed by atoms with Gasteiger partial charge in [0.15, 0.2) is 0 Å². The zero-order valence-corrected chi connectivity index (χ0v) is 13.2. The van der Waals surface area contributed by atoms with Gasteiger partial charge in [0, 0.05) is 38.0 Å². The number of rotatable bonds is 3. The molecule has 0 aromatic heterocycles. The first-order valence-electron chi connectivity index (χ1n) is 8.30. The van der Waals surface area contributed by atoms with Crippen LogP contribution in [0.15, 0.2) is 54.6 Å². The number of para-hydroxylation sites is 1. The Labute approximate surface area is 136 Å². The van der Waals surface area contributed by atoms with Gasteiger partial charge in [-0.05, 0) is 11.6 Å². The van der Waals surface area contributed by atoms with Crippen molar-refractivity contribution in [3.8, 4) is 5.75 Å². The molecule has 0 amide bonds. The molecule has 0 N–H and O–H groups in total. The molecule has 2 aromatic rings. The van der Waals surface area contributed by atoms with Crippen molar-refractivity contribution in [1.82, 2.24) is 4.90 Å². The lowest BCUT2D eigenvalue weighted by atomic mass is 9.78. The molecule has 1 saturated heterocycles.